The predicted molar refractivity (Wildman–Crippen MR) is 76.9 cm³/mol. The number of aromatic nitrogens is 1. The molecule has 1 heterocycles. The predicted octanol–water partition coefficient (Wildman–Crippen LogP) is 2.53. The van der Waals surface area contributed by atoms with E-state index in [1.807, 2.05) is 6.92 Å². The smallest absolute Gasteiger partial charge is 0.241 e. The fourth-order valence-electron chi connectivity index (χ4n) is 1.82. The molecule has 0 spiro atoms. The maximum absolute atomic E-state index is 12.4. The van der Waals surface area contributed by atoms with Crippen LogP contribution in [0, 0.1) is 0 Å². The summed E-state index contributed by atoms with van der Waals surface area (Å²) in [4.78, 5) is 4.39. The summed E-state index contributed by atoms with van der Waals surface area (Å²) in [6, 6.07) is 8.25. The van der Waals surface area contributed by atoms with Crippen molar-refractivity contribution in [3.8, 4) is 0 Å². The van der Waals surface area contributed by atoms with E-state index >= 15 is 0 Å². The normalized spacial score (nSPS) is 13.6. The van der Waals surface area contributed by atoms with Crippen molar-refractivity contribution < 1.29 is 8.42 Å². The molecule has 0 saturated carbocycles. The molecule has 0 aliphatic heterocycles. The highest BCUT2D eigenvalue weighted by Crippen LogP contribution is 2.21. The van der Waals surface area contributed by atoms with Gasteiger partial charge in [0.1, 0.15) is 0 Å². The van der Waals surface area contributed by atoms with Crippen molar-refractivity contribution in [1.82, 2.24) is 9.71 Å². The van der Waals surface area contributed by atoms with Crippen LogP contribution in [-0.4, -0.2) is 25.3 Å². The van der Waals surface area contributed by atoms with Crippen molar-refractivity contribution >= 4 is 32.5 Å². The number of sulfonamides is 1. The second kappa shape index (κ2) is 5.86. The molecule has 0 bridgehead atoms. The number of fused-ring (bicyclic) bond motifs is 1. The van der Waals surface area contributed by atoms with E-state index in [0.29, 0.717) is 17.3 Å². The van der Waals surface area contributed by atoms with Crippen LogP contribution in [0.15, 0.2) is 41.4 Å². The molecule has 0 aliphatic rings. The molecule has 1 unspecified atom stereocenters. The molecule has 0 amide bonds. The van der Waals surface area contributed by atoms with Gasteiger partial charge in [-0.05, 0) is 30.7 Å². The number of halogens is 1. The average molecular weight is 299 g/mol. The van der Waals surface area contributed by atoms with E-state index in [9.17, 15) is 8.42 Å². The molecule has 2 rings (SSSR count). The summed E-state index contributed by atoms with van der Waals surface area (Å²) >= 11 is 5.74. The van der Waals surface area contributed by atoms with Crippen LogP contribution >= 0.6 is 11.6 Å². The summed E-state index contributed by atoms with van der Waals surface area (Å²) < 4.78 is 27.4. The Hall–Kier alpha value is -1.17. The number of nitrogens with one attached hydrogen (secondary N) is 1. The number of benzene rings is 1. The van der Waals surface area contributed by atoms with Crippen molar-refractivity contribution in [2.75, 3.05) is 5.88 Å². The Morgan fingerprint density at radius 1 is 1.32 bits per heavy atom. The Bertz CT molecular complexity index is 664. The standard InChI is InChI=1S/C13H15ClN2O2S/c1-2-10(9-14)16-19(17,18)13-7-3-6-12-11(13)5-4-8-15-12/h3-8,10,16H,2,9H2,1H3. The monoisotopic (exact) mass is 298 g/mol. The number of alkyl halides is 1. The molecule has 1 aromatic carbocycles. The summed E-state index contributed by atoms with van der Waals surface area (Å²) in [5.41, 5.74) is 0.657. The lowest BCUT2D eigenvalue weighted by Crippen LogP contribution is -2.35. The summed E-state index contributed by atoms with van der Waals surface area (Å²) in [6.45, 7) is 1.89. The zero-order valence-corrected chi connectivity index (χ0v) is 12.1. The Morgan fingerprint density at radius 3 is 2.79 bits per heavy atom. The topological polar surface area (TPSA) is 59.1 Å². The third-order valence-electron chi connectivity index (χ3n) is 2.90. The van der Waals surface area contributed by atoms with Crippen LogP contribution in [0.5, 0.6) is 0 Å². The number of pyridine rings is 1. The van der Waals surface area contributed by atoms with Crippen LogP contribution in [0.4, 0.5) is 0 Å². The molecule has 19 heavy (non-hydrogen) atoms. The van der Waals surface area contributed by atoms with Crippen molar-refractivity contribution in [1.29, 1.82) is 0 Å². The van der Waals surface area contributed by atoms with Gasteiger partial charge < -0.3 is 0 Å². The fourth-order valence-corrected chi connectivity index (χ4v) is 3.74. The Balaban J connectivity index is 2.49. The highest BCUT2D eigenvalue weighted by molar-refractivity contribution is 7.89. The van der Waals surface area contributed by atoms with E-state index in [0.717, 1.165) is 0 Å². The average Bonchev–Trinajstić information content (AvgIpc) is 2.44. The third kappa shape index (κ3) is 3.05. The summed E-state index contributed by atoms with van der Waals surface area (Å²) in [5, 5.41) is 0.613. The van der Waals surface area contributed by atoms with Gasteiger partial charge in [0.25, 0.3) is 0 Å². The molecule has 102 valence electrons. The molecule has 0 fully saturated rings. The van der Waals surface area contributed by atoms with Gasteiger partial charge in [-0.1, -0.05) is 13.0 Å². The van der Waals surface area contributed by atoms with Crippen LogP contribution in [-0.2, 0) is 10.0 Å². The first-order chi connectivity index (χ1) is 9.08. The van der Waals surface area contributed by atoms with Crippen LogP contribution in [0.2, 0.25) is 0 Å². The van der Waals surface area contributed by atoms with E-state index in [2.05, 4.69) is 9.71 Å². The zero-order valence-electron chi connectivity index (χ0n) is 10.5. The molecule has 0 saturated heterocycles. The zero-order chi connectivity index (χ0) is 13.9. The lowest BCUT2D eigenvalue weighted by molar-refractivity contribution is 0.558. The third-order valence-corrected chi connectivity index (χ3v) is 4.85. The number of rotatable bonds is 5. The van der Waals surface area contributed by atoms with Gasteiger partial charge in [0.05, 0.1) is 10.4 Å². The van der Waals surface area contributed by atoms with Crippen LogP contribution in [0.1, 0.15) is 13.3 Å². The van der Waals surface area contributed by atoms with Gasteiger partial charge in [-0.15, -0.1) is 11.6 Å². The molecule has 2 aromatic rings. The number of hydrogen-bond acceptors (Lipinski definition) is 3. The van der Waals surface area contributed by atoms with Crippen molar-refractivity contribution in [3.63, 3.8) is 0 Å². The van der Waals surface area contributed by atoms with Gasteiger partial charge in [0.15, 0.2) is 0 Å². The van der Waals surface area contributed by atoms with Gasteiger partial charge in [-0.2, -0.15) is 0 Å². The molecule has 1 aromatic heterocycles. The van der Waals surface area contributed by atoms with Crippen LogP contribution in [0.25, 0.3) is 10.9 Å². The lowest BCUT2D eigenvalue weighted by Gasteiger charge is -2.15. The molecule has 6 heteroatoms. The summed E-state index contributed by atoms with van der Waals surface area (Å²) in [6.07, 6.45) is 2.28. The van der Waals surface area contributed by atoms with Gasteiger partial charge in [0, 0.05) is 23.5 Å². The first-order valence-corrected chi connectivity index (χ1v) is 8.02. The molecule has 0 aliphatic carbocycles. The number of nitrogens with zero attached hydrogens (tertiary/aromatic N) is 1. The number of hydrogen-bond donors (Lipinski definition) is 1. The van der Waals surface area contributed by atoms with Crippen LogP contribution < -0.4 is 4.72 Å². The van der Waals surface area contributed by atoms with Gasteiger partial charge in [0.2, 0.25) is 10.0 Å². The van der Waals surface area contributed by atoms with Crippen molar-refractivity contribution in [2.24, 2.45) is 0 Å². The Kier molecular flexibility index (Phi) is 4.39. The molecule has 1 atom stereocenters. The Morgan fingerprint density at radius 2 is 2.11 bits per heavy atom. The fraction of sp³-hybridized carbons (Fsp3) is 0.308. The minimum atomic E-state index is -3.58. The quantitative estimate of drug-likeness (QED) is 0.863. The lowest BCUT2D eigenvalue weighted by atomic mass is 10.2. The minimum absolute atomic E-state index is 0.238. The van der Waals surface area contributed by atoms with E-state index in [-0.39, 0.29) is 16.8 Å². The second-order valence-corrected chi connectivity index (χ2v) is 6.20. The van der Waals surface area contributed by atoms with Gasteiger partial charge in [-0.25, -0.2) is 13.1 Å². The van der Waals surface area contributed by atoms with Gasteiger partial charge >= 0.3 is 0 Å². The van der Waals surface area contributed by atoms with Crippen molar-refractivity contribution in [2.45, 2.75) is 24.3 Å². The molecule has 1 N–H and O–H groups in total. The molecular formula is C13H15ClN2O2S. The molecular weight excluding hydrogens is 284 g/mol. The van der Waals surface area contributed by atoms with E-state index in [4.69, 9.17) is 11.6 Å². The highest BCUT2D eigenvalue weighted by Gasteiger charge is 2.20. The maximum atomic E-state index is 12.4. The second-order valence-electron chi connectivity index (χ2n) is 4.21. The van der Waals surface area contributed by atoms with Crippen molar-refractivity contribution in [3.05, 3.63) is 36.5 Å². The maximum Gasteiger partial charge on any atom is 0.241 e. The summed E-state index contributed by atoms with van der Waals surface area (Å²) in [7, 11) is -3.58. The SMILES string of the molecule is CCC(CCl)NS(=O)(=O)c1cccc2ncccc12. The minimum Gasteiger partial charge on any atom is -0.256 e. The van der Waals surface area contributed by atoms with E-state index in [1.54, 1.807) is 36.5 Å². The first-order valence-electron chi connectivity index (χ1n) is 6.00. The van der Waals surface area contributed by atoms with E-state index < -0.39 is 10.0 Å². The van der Waals surface area contributed by atoms with E-state index in [1.165, 1.54) is 0 Å². The highest BCUT2D eigenvalue weighted by atomic mass is 35.5. The largest absolute Gasteiger partial charge is 0.256 e. The molecule has 0 radical (unpaired) electrons. The molecule has 4 nitrogen and oxygen atoms in total. The first kappa shape index (κ1) is 14.2. The van der Waals surface area contributed by atoms with Gasteiger partial charge in [-0.3, -0.25) is 4.98 Å². The van der Waals surface area contributed by atoms with Crippen LogP contribution in [0.3, 0.4) is 0 Å². The summed E-state index contributed by atoms with van der Waals surface area (Å²) in [5.74, 6) is 0.249. The Labute approximate surface area is 117 Å².